The topological polar surface area (TPSA) is 34.1 Å². The molecular formula is C16H27FN2O. The van der Waals surface area contributed by atoms with Crippen LogP contribution in [0.15, 0.2) is 12.3 Å². The third kappa shape index (κ3) is 5.45. The van der Waals surface area contributed by atoms with Crippen molar-refractivity contribution < 1.29 is 9.13 Å². The Morgan fingerprint density at radius 1 is 1.35 bits per heavy atom. The van der Waals surface area contributed by atoms with E-state index < -0.39 is 0 Å². The summed E-state index contributed by atoms with van der Waals surface area (Å²) in [4.78, 5) is 4.01. The lowest BCUT2D eigenvalue weighted by atomic mass is 10.0. The average molecular weight is 282 g/mol. The third-order valence-electron chi connectivity index (χ3n) is 3.50. The largest absolute Gasteiger partial charge is 0.475 e. The maximum atomic E-state index is 14.2. The van der Waals surface area contributed by atoms with Crippen LogP contribution in [0.5, 0.6) is 5.88 Å². The molecule has 1 rings (SSSR count). The van der Waals surface area contributed by atoms with Crippen molar-refractivity contribution in [3.05, 3.63) is 23.6 Å². The summed E-state index contributed by atoms with van der Waals surface area (Å²) in [6.07, 6.45) is 6.17. The van der Waals surface area contributed by atoms with Gasteiger partial charge < -0.3 is 10.1 Å². The van der Waals surface area contributed by atoms with Gasteiger partial charge in [-0.15, -0.1) is 0 Å². The van der Waals surface area contributed by atoms with Crippen LogP contribution in [0.2, 0.25) is 0 Å². The summed E-state index contributed by atoms with van der Waals surface area (Å²) in [6.45, 7) is 8.19. The quantitative estimate of drug-likeness (QED) is 0.706. The van der Waals surface area contributed by atoms with Crippen LogP contribution >= 0.6 is 0 Å². The number of pyridine rings is 1. The molecule has 0 aromatic carbocycles. The predicted molar refractivity (Wildman–Crippen MR) is 80.4 cm³/mol. The van der Waals surface area contributed by atoms with E-state index in [0.717, 1.165) is 19.4 Å². The van der Waals surface area contributed by atoms with E-state index in [9.17, 15) is 4.39 Å². The second-order valence-corrected chi connectivity index (χ2v) is 5.10. The highest BCUT2D eigenvalue weighted by atomic mass is 19.1. The molecule has 0 aliphatic rings. The fourth-order valence-corrected chi connectivity index (χ4v) is 2.05. The Balaban J connectivity index is 2.58. The lowest BCUT2D eigenvalue weighted by Gasteiger charge is -2.16. The molecule has 0 aliphatic heterocycles. The first-order chi connectivity index (χ1) is 9.72. The standard InChI is InChI=1S/C16H27FN2O/c1-4-7-8-13(5-2)12-20-16-15(17)14(9-10-19-16)11-18-6-3/h9-10,13,18H,4-8,11-12H2,1-3H3. The van der Waals surface area contributed by atoms with Crippen LogP contribution in [0.25, 0.3) is 0 Å². The molecule has 0 saturated carbocycles. The molecule has 114 valence electrons. The van der Waals surface area contributed by atoms with Crippen molar-refractivity contribution in [2.45, 2.75) is 53.0 Å². The highest BCUT2D eigenvalue weighted by molar-refractivity contribution is 5.23. The molecule has 0 fully saturated rings. The number of rotatable bonds is 10. The van der Waals surface area contributed by atoms with Gasteiger partial charge in [0, 0.05) is 18.3 Å². The van der Waals surface area contributed by atoms with Gasteiger partial charge in [-0.2, -0.15) is 0 Å². The van der Waals surface area contributed by atoms with E-state index in [1.165, 1.54) is 12.8 Å². The molecular weight excluding hydrogens is 255 g/mol. The number of nitrogens with zero attached hydrogens (tertiary/aromatic N) is 1. The molecule has 0 bridgehead atoms. The molecule has 1 atom stereocenters. The van der Waals surface area contributed by atoms with E-state index in [2.05, 4.69) is 24.1 Å². The Kier molecular flexibility index (Phi) is 8.19. The summed E-state index contributed by atoms with van der Waals surface area (Å²) in [7, 11) is 0. The van der Waals surface area contributed by atoms with Crippen LogP contribution in [-0.2, 0) is 6.54 Å². The molecule has 1 heterocycles. The second-order valence-electron chi connectivity index (χ2n) is 5.10. The molecule has 1 aromatic rings. The van der Waals surface area contributed by atoms with Crippen molar-refractivity contribution in [2.24, 2.45) is 5.92 Å². The van der Waals surface area contributed by atoms with Crippen molar-refractivity contribution in [1.29, 1.82) is 0 Å². The first-order valence-electron chi connectivity index (χ1n) is 7.69. The minimum Gasteiger partial charge on any atom is -0.475 e. The Bertz CT molecular complexity index is 385. The molecule has 1 aromatic heterocycles. The van der Waals surface area contributed by atoms with Gasteiger partial charge in [-0.3, -0.25) is 0 Å². The second kappa shape index (κ2) is 9.70. The zero-order valence-corrected chi connectivity index (χ0v) is 12.9. The average Bonchev–Trinajstić information content (AvgIpc) is 2.47. The first-order valence-corrected chi connectivity index (χ1v) is 7.69. The van der Waals surface area contributed by atoms with E-state index in [4.69, 9.17) is 4.74 Å². The van der Waals surface area contributed by atoms with Crippen molar-refractivity contribution in [1.82, 2.24) is 10.3 Å². The van der Waals surface area contributed by atoms with Gasteiger partial charge in [0.25, 0.3) is 5.88 Å². The predicted octanol–water partition coefficient (Wildman–Crippen LogP) is 3.93. The maximum Gasteiger partial charge on any atom is 0.250 e. The smallest absolute Gasteiger partial charge is 0.250 e. The minimum absolute atomic E-state index is 0.135. The van der Waals surface area contributed by atoms with Crippen molar-refractivity contribution >= 4 is 0 Å². The third-order valence-corrected chi connectivity index (χ3v) is 3.50. The lowest BCUT2D eigenvalue weighted by Crippen LogP contribution is -2.16. The van der Waals surface area contributed by atoms with E-state index in [-0.39, 0.29) is 11.7 Å². The number of ether oxygens (including phenoxy) is 1. The Labute approximate surface area is 121 Å². The zero-order chi connectivity index (χ0) is 14.8. The van der Waals surface area contributed by atoms with Gasteiger partial charge in [0.2, 0.25) is 0 Å². The summed E-state index contributed by atoms with van der Waals surface area (Å²) in [5.74, 6) is 0.280. The molecule has 1 N–H and O–H groups in total. The van der Waals surface area contributed by atoms with E-state index in [1.807, 2.05) is 6.92 Å². The van der Waals surface area contributed by atoms with Gasteiger partial charge in [0.1, 0.15) is 0 Å². The summed E-state index contributed by atoms with van der Waals surface area (Å²) in [5, 5.41) is 3.11. The Morgan fingerprint density at radius 3 is 2.80 bits per heavy atom. The van der Waals surface area contributed by atoms with Gasteiger partial charge in [0.05, 0.1) is 6.61 Å². The number of halogens is 1. The number of hydrogen-bond donors (Lipinski definition) is 1. The van der Waals surface area contributed by atoms with Crippen LogP contribution in [0.4, 0.5) is 4.39 Å². The van der Waals surface area contributed by atoms with Crippen LogP contribution < -0.4 is 10.1 Å². The van der Waals surface area contributed by atoms with Gasteiger partial charge in [-0.25, -0.2) is 9.37 Å². The van der Waals surface area contributed by atoms with Crippen LogP contribution in [0.1, 0.15) is 52.0 Å². The van der Waals surface area contributed by atoms with Crippen molar-refractivity contribution in [3.63, 3.8) is 0 Å². The summed E-state index contributed by atoms with van der Waals surface area (Å²) in [5.41, 5.74) is 0.610. The zero-order valence-electron chi connectivity index (χ0n) is 12.9. The van der Waals surface area contributed by atoms with Crippen molar-refractivity contribution in [2.75, 3.05) is 13.2 Å². The van der Waals surface area contributed by atoms with Gasteiger partial charge >= 0.3 is 0 Å². The minimum atomic E-state index is -0.334. The van der Waals surface area contributed by atoms with Gasteiger partial charge in [-0.05, 0) is 24.9 Å². The van der Waals surface area contributed by atoms with Crippen LogP contribution in [-0.4, -0.2) is 18.1 Å². The molecule has 20 heavy (non-hydrogen) atoms. The summed E-state index contributed by atoms with van der Waals surface area (Å²) in [6, 6.07) is 1.69. The molecule has 0 aliphatic carbocycles. The van der Waals surface area contributed by atoms with Gasteiger partial charge in [-0.1, -0.05) is 40.0 Å². The van der Waals surface area contributed by atoms with E-state index >= 15 is 0 Å². The van der Waals surface area contributed by atoms with Crippen molar-refractivity contribution in [3.8, 4) is 5.88 Å². The fourth-order valence-electron chi connectivity index (χ4n) is 2.05. The number of hydrogen-bond acceptors (Lipinski definition) is 3. The Hall–Kier alpha value is -1.16. The first kappa shape index (κ1) is 16.9. The number of aromatic nitrogens is 1. The van der Waals surface area contributed by atoms with Crippen LogP contribution in [0.3, 0.4) is 0 Å². The number of nitrogens with one attached hydrogen (secondary N) is 1. The Morgan fingerprint density at radius 2 is 2.15 bits per heavy atom. The summed E-state index contributed by atoms with van der Waals surface area (Å²) >= 11 is 0. The normalized spacial score (nSPS) is 12.4. The SMILES string of the molecule is CCCCC(CC)COc1nccc(CNCC)c1F. The molecule has 0 radical (unpaired) electrons. The molecule has 0 spiro atoms. The van der Waals surface area contributed by atoms with Crippen LogP contribution in [0, 0.1) is 11.7 Å². The number of unbranched alkanes of at least 4 members (excludes halogenated alkanes) is 1. The highest BCUT2D eigenvalue weighted by Gasteiger charge is 2.13. The molecule has 4 heteroatoms. The lowest BCUT2D eigenvalue weighted by molar-refractivity contribution is 0.216. The van der Waals surface area contributed by atoms with Gasteiger partial charge in [0.15, 0.2) is 5.82 Å². The van der Waals surface area contributed by atoms with E-state index in [1.54, 1.807) is 12.3 Å². The molecule has 1 unspecified atom stereocenters. The monoisotopic (exact) mass is 282 g/mol. The maximum absolute atomic E-state index is 14.2. The molecule has 0 saturated heterocycles. The molecule has 0 amide bonds. The highest BCUT2D eigenvalue weighted by Crippen LogP contribution is 2.20. The van der Waals surface area contributed by atoms with E-state index in [0.29, 0.717) is 24.6 Å². The fraction of sp³-hybridized carbons (Fsp3) is 0.688. The molecule has 3 nitrogen and oxygen atoms in total. The summed E-state index contributed by atoms with van der Waals surface area (Å²) < 4.78 is 19.8.